The maximum atomic E-state index is 2.50. The number of rotatable bonds is 5. The molecule has 0 unspecified atom stereocenters. The van der Waals surface area contributed by atoms with Crippen molar-refractivity contribution >= 4 is 49.6 Å². The summed E-state index contributed by atoms with van der Waals surface area (Å²) >= 11 is 0. The lowest BCUT2D eigenvalue weighted by atomic mass is 9.70. The monoisotopic (exact) mass is 774 g/mol. The van der Waals surface area contributed by atoms with Gasteiger partial charge < -0.3 is 9.47 Å². The molecule has 61 heavy (non-hydrogen) atoms. The van der Waals surface area contributed by atoms with Crippen LogP contribution >= 0.6 is 0 Å². The largest absolute Gasteiger partial charge is 0.310 e. The van der Waals surface area contributed by atoms with E-state index in [1.165, 1.54) is 88.2 Å². The molecule has 2 heteroatoms. The normalized spacial score (nSPS) is 13.0. The molecule has 0 bridgehead atoms. The van der Waals surface area contributed by atoms with Crippen LogP contribution in [0.15, 0.2) is 231 Å². The highest BCUT2D eigenvalue weighted by atomic mass is 15.1. The van der Waals surface area contributed by atoms with Gasteiger partial charge in [0.25, 0.3) is 0 Å². The van der Waals surface area contributed by atoms with Gasteiger partial charge in [-0.1, -0.05) is 176 Å². The van der Waals surface area contributed by atoms with E-state index in [0.717, 1.165) is 22.7 Å². The van der Waals surface area contributed by atoms with Crippen molar-refractivity contribution in [2.45, 2.75) is 5.41 Å². The standard InChI is InChI=1S/C59H38N2/c1-4-19-39(20-5-1)48-37-40-21-10-11-26-44(40)58-56(48)49-38-43(35-36-54(49)61(58)42-24-8-3-9-25-42)60(41-22-6-2-7-23-41)55-34-18-33-53-57(55)47-29-14-17-32-52(47)59(53)50-30-15-12-27-45(50)46-28-13-16-31-51(46)59/h1-38H. The Labute approximate surface area is 354 Å². The maximum Gasteiger partial charge on any atom is 0.0726 e. The molecule has 2 aliphatic rings. The van der Waals surface area contributed by atoms with Gasteiger partial charge in [-0.05, 0) is 110 Å². The minimum absolute atomic E-state index is 0.434. The van der Waals surface area contributed by atoms with Crippen molar-refractivity contribution in [2.24, 2.45) is 0 Å². The van der Waals surface area contributed by atoms with Crippen molar-refractivity contribution in [1.29, 1.82) is 0 Å². The Bertz CT molecular complexity index is 3480. The van der Waals surface area contributed by atoms with E-state index in [4.69, 9.17) is 0 Å². The summed E-state index contributed by atoms with van der Waals surface area (Å²) in [7, 11) is 0. The molecule has 0 N–H and O–H groups in total. The van der Waals surface area contributed by atoms with Gasteiger partial charge in [0, 0.05) is 38.8 Å². The van der Waals surface area contributed by atoms with Crippen LogP contribution in [0.5, 0.6) is 0 Å². The molecule has 0 fully saturated rings. The number of anilines is 3. The van der Waals surface area contributed by atoms with Crippen LogP contribution in [-0.4, -0.2) is 4.57 Å². The molecule has 1 heterocycles. The lowest BCUT2D eigenvalue weighted by Crippen LogP contribution is -2.26. The van der Waals surface area contributed by atoms with Crippen molar-refractivity contribution in [1.82, 2.24) is 4.57 Å². The summed E-state index contributed by atoms with van der Waals surface area (Å²) < 4.78 is 2.48. The number of fused-ring (bicyclic) bond motifs is 15. The number of hydrogen-bond acceptors (Lipinski definition) is 1. The number of hydrogen-bond donors (Lipinski definition) is 0. The molecule has 2 aliphatic carbocycles. The second-order valence-corrected chi connectivity index (χ2v) is 16.4. The van der Waals surface area contributed by atoms with Gasteiger partial charge in [-0.25, -0.2) is 0 Å². The van der Waals surface area contributed by atoms with Crippen molar-refractivity contribution in [3.63, 3.8) is 0 Å². The number of nitrogens with zero attached hydrogens (tertiary/aromatic N) is 2. The third-order valence-corrected chi connectivity index (χ3v) is 13.3. The fourth-order valence-electron chi connectivity index (χ4n) is 11.0. The molecule has 1 aromatic heterocycles. The van der Waals surface area contributed by atoms with E-state index in [2.05, 4.69) is 240 Å². The van der Waals surface area contributed by atoms with Crippen LogP contribution in [0.25, 0.3) is 71.6 Å². The van der Waals surface area contributed by atoms with Crippen LogP contribution < -0.4 is 4.90 Å². The predicted octanol–water partition coefficient (Wildman–Crippen LogP) is 15.4. The van der Waals surface area contributed by atoms with E-state index >= 15 is 0 Å². The first kappa shape index (κ1) is 34.0. The molecule has 0 radical (unpaired) electrons. The average molecular weight is 775 g/mol. The zero-order valence-corrected chi connectivity index (χ0v) is 33.3. The Morgan fingerprint density at radius 1 is 0.377 bits per heavy atom. The number of benzene rings is 10. The van der Waals surface area contributed by atoms with Crippen LogP contribution in [0.3, 0.4) is 0 Å². The first-order valence-corrected chi connectivity index (χ1v) is 21.2. The fourth-order valence-corrected chi connectivity index (χ4v) is 11.0. The Hall–Kier alpha value is -7.94. The van der Waals surface area contributed by atoms with Gasteiger partial charge >= 0.3 is 0 Å². The van der Waals surface area contributed by atoms with E-state index in [-0.39, 0.29) is 0 Å². The highest BCUT2D eigenvalue weighted by Crippen LogP contribution is 2.64. The molecule has 0 atom stereocenters. The molecule has 2 nitrogen and oxygen atoms in total. The summed E-state index contributed by atoms with van der Waals surface area (Å²) in [6.45, 7) is 0. The number of aromatic nitrogens is 1. The highest BCUT2D eigenvalue weighted by Gasteiger charge is 2.52. The quantitative estimate of drug-likeness (QED) is 0.169. The Balaban J connectivity index is 1.14. The van der Waals surface area contributed by atoms with Crippen molar-refractivity contribution in [3.05, 3.63) is 253 Å². The minimum Gasteiger partial charge on any atom is -0.310 e. The molecular weight excluding hydrogens is 737 g/mol. The second-order valence-electron chi connectivity index (χ2n) is 16.4. The zero-order chi connectivity index (χ0) is 40.1. The van der Waals surface area contributed by atoms with Gasteiger partial charge in [0.15, 0.2) is 0 Å². The van der Waals surface area contributed by atoms with Crippen LogP contribution in [0.1, 0.15) is 22.3 Å². The lowest BCUT2D eigenvalue weighted by molar-refractivity contribution is 0.794. The van der Waals surface area contributed by atoms with Crippen LogP contribution in [-0.2, 0) is 5.41 Å². The topological polar surface area (TPSA) is 8.17 Å². The Morgan fingerprint density at radius 2 is 0.951 bits per heavy atom. The Kier molecular flexibility index (Phi) is 7.26. The van der Waals surface area contributed by atoms with Crippen LogP contribution in [0.4, 0.5) is 17.1 Å². The predicted molar refractivity (Wildman–Crippen MR) is 255 cm³/mol. The van der Waals surface area contributed by atoms with Crippen molar-refractivity contribution in [3.8, 4) is 39.1 Å². The van der Waals surface area contributed by atoms with E-state index < -0.39 is 5.41 Å². The number of para-hydroxylation sites is 2. The van der Waals surface area contributed by atoms with Gasteiger partial charge in [0.1, 0.15) is 0 Å². The van der Waals surface area contributed by atoms with Crippen molar-refractivity contribution in [2.75, 3.05) is 4.90 Å². The third kappa shape index (κ3) is 4.67. The molecule has 10 aromatic carbocycles. The van der Waals surface area contributed by atoms with Gasteiger partial charge in [-0.3, -0.25) is 0 Å². The van der Waals surface area contributed by atoms with Gasteiger partial charge in [0.2, 0.25) is 0 Å². The molecule has 1 spiro atoms. The molecule has 0 saturated heterocycles. The van der Waals surface area contributed by atoms with Gasteiger partial charge in [-0.15, -0.1) is 0 Å². The summed E-state index contributed by atoms with van der Waals surface area (Å²) in [6.07, 6.45) is 0. The smallest absolute Gasteiger partial charge is 0.0726 e. The third-order valence-electron chi connectivity index (χ3n) is 13.3. The molecule has 0 saturated carbocycles. The first-order chi connectivity index (χ1) is 30.3. The second kappa shape index (κ2) is 13.0. The summed E-state index contributed by atoms with van der Waals surface area (Å²) in [5.74, 6) is 0. The summed E-state index contributed by atoms with van der Waals surface area (Å²) in [4.78, 5) is 2.50. The molecule has 284 valence electrons. The summed E-state index contributed by atoms with van der Waals surface area (Å²) in [6, 6.07) is 85.2. The highest BCUT2D eigenvalue weighted by molar-refractivity contribution is 6.24. The average Bonchev–Trinajstić information content (AvgIpc) is 3.95. The van der Waals surface area contributed by atoms with Crippen molar-refractivity contribution < 1.29 is 0 Å². The maximum absolute atomic E-state index is 2.50. The van der Waals surface area contributed by atoms with E-state index in [9.17, 15) is 0 Å². The first-order valence-electron chi connectivity index (χ1n) is 21.2. The molecule has 11 aromatic rings. The molecule has 0 aliphatic heterocycles. The molecule has 13 rings (SSSR count). The van der Waals surface area contributed by atoms with Gasteiger partial charge in [-0.2, -0.15) is 0 Å². The molecule has 0 amide bonds. The SMILES string of the molecule is c1ccc(-c2cc3ccccc3c3c2c2cc(N(c4ccccc4)c4cccc5c4-c4ccccc4C54c5ccccc5-c5ccccc54)ccc2n3-c2ccccc2)cc1. The fraction of sp³-hybridized carbons (Fsp3) is 0.0169. The summed E-state index contributed by atoms with van der Waals surface area (Å²) in [5.41, 5.74) is 19.5. The summed E-state index contributed by atoms with van der Waals surface area (Å²) in [5, 5.41) is 4.92. The van der Waals surface area contributed by atoms with E-state index in [0.29, 0.717) is 0 Å². The van der Waals surface area contributed by atoms with E-state index in [1.54, 1.807) is 0 Å². The van der Waals surface area contributed by atoms with E-state index in [1.807, 2.05) is 0 Å². The van der Waals surface area contributed by atoms with Gasteiger partial charge in [0.05, 0.1) is 22.1 Å². The lowest BCUT2D eigenvalue weighted by Gasteiger charge is -2.31. The molecular formula is C59H38N2. The van der Waals surface area contributed by atoms with Crippen LogP contribution in [0, 0.1) is 0 Å². The minimum atomic E-state index is -0.434. The van der Waals surface area contributed by atoms with Crippen LogP contribution in [0.2, 0.25) is 0 Å². The zero-order valence-electron chi connectivity index (χ0n) is 33.3. The Morgan fingerprint density at radius 3 is 1.67 bits per heavy atom.